The lowest BCUT2D eigenvalue weighted by Crippen LogP contribution is -2.08. The summed E-state index contributed by atoms with van der Waals surface area (Å²) >= 11 is 5.79. The molecular weight excluding hydrogens is 288 g/mol. The van der Waals surface area contributed by atoms with Crippen molar-refractivity contribution in [3.8, 4) is 5.75 Å². The minimum absolute atomic E-state index is 0.134. The lowest BCUT2D eigenvalue weighted by molar-refractivity contribution is 0.181. The zero-order valence-electron chi connectivity index (χ0n) is 12.4. The molecule has 0 radical (unpaired) electrons. The van der Waals surface area contributed by atoms with Crippen molar-refractivity contribution in [2.24, 2.45) is 0 Å². The quantitative estimate of drug-likeness (QED) is 0.817. The van der Waals surface area contributed by atoms with Crippen LogP contribution >= 0.6 is 11.6 Å². The van der Waals surface area contributed by atoms with Gasteiger partial charge < -0.3 is 14.8 Å². The summed E-state index contributed by atoms with van der Waals surface area (Å²) < 4.78 is 10.6. The van der Waals surface area contributed by atoms with Gasteiger partial charge in [0, 0.05) is 18.7 Å². The van der Waals surface area contributed by atoms with Gasteiger partial charge in [-0.15, -0.1) is 0 Å². The zero-order valence-corrected chi connectivity index (χ0v) is 13.1. The van der Waals surface area contributed by atoms with E-state index >= 15 is 0 Å². The summed E-state index contributed by atoms with van der Waals surface area (Å²) in [7, 11) is 3.34. The Morgan fingerprint density at radius 2 is 2.05 bits per heavy atom. The van der Waals surface area contributed by atoms with Crippen molar-refractivity contribution in [1.29, 1.82) is 0 Å². The number of anilines is 1. The number of hydrogen-bond acceptors (Lipinski definition) is 4. The molecule has 112 valence electrons. The van der Waals surface area contributed by atoms with Gasteiger partial charge in [-0.2, -0.15) is 0 Å². The molecule has 1 unspecified atom stereocenters. The number of nitrogens with one attached hydrogen (secondary N) is 1. The predicted octanol–water partition coefficient (Wildman–Crippen LogP) is 4.06. The third-order valence-electron chi connectivity index (χ3n) is 3.21. The number of halogens is 1. The number of methoxy groups -OCH3 is 2. The van der Waals surface area contributed by atoms with E-state index in [9.17, 15) is 0 Å². The Morgan fingerprint density at radius 3 is 2.67 bits per heavy atom. The Bertz CT molecular complexity index is 587. The van der Waals surface area contributed by atoms with Crippen LogP contribution in [-0.4, -0.2) is 19.2 Å². The normalized spacial score (nSPS) is 12.0. The van der Waals surface area contributed by atoms with Gasteiger partial charge in [0.25, 0.3) is 0 Å². The molecule has 0 bridgehead atoms. The monoisotopic (exact) mass is 306 g/mol. The molecule has 0 saturated heterocycles. The van der Waals surface area contributed by atoms with Crippen LogP contribution in [0.15, 0.2) is 36.5 Å². The summed E-state index contributed by atoms with van der Waals surface area (Å²) in [5, 5.41) is 3.88. The third kappa shape index (κ3) is 4.09. The molecule has 1 atom stereocenters. The maximum atomic E-state index is 5.79. The summed E-state index contributed by atoms with van der Waals surface area (Å²) in [5.41, 5.74) is 3.11. The van der Waals surface area contributed by atoms with Gasteiger partial charge in [0.05, 0.1) is 25.6 Å². The van der Waals surface area contributed by atoms with E-state index in [0.717, 1.165) is 22.6 Å². The standard InChI is InChI=1S/C16H19ClN2O2/c1-11(19-14-5-7-16(17)18-9-14)12-4-6-15(21-3)13(8-12)10-20-2/h4-9,11,19H,10H2,1-3H3. The van der Waals surface area contributed by atoms with Gasteiger partial charge in [0.2, 0.25) is 0 Å². The van der Waals surface area contributed by atoms with E-state index in [1.54, 1.807) is 26.5 Å². The van der Waals surface area contributed by atoms with Crippen molar-refractivity contribution in [1.82, 2.24) is 4.98 Å². The molecule has 1 N–H and O–H groups in total. The van der Waals surface area contributed by atoms with Crippen molar-refractivity contribution in [2.75, 3.05) is 19.5 Å². The summed E-state index contributed by atoms with van der Waals surface area (Å²) in [6, 6.07) is 9.89. The van der Waals surface area contributed by atoms with E-state index < -0.39 is 0 Å². The van der Waals surface area contributed by atoms with Crippen molar-refractivity contribution < 1.29 is 9.47 Å². The fraction of sp³-hybridized carbons (Fsp3) is 0.312. The molecule has 0 aliphatic carbocycles. The van der Waals surface area contributed by atoms with Crippen LogP contribution in [0.5, 0.6) is 5.75 Å². The van der Waals surface area contributed by atoms with Crippen LogP contribution < -0.4 is 10.1 Å². The van der Waals surface area contributed by atoms with Crippen molar-refractivity contribution in [2.45, 2.75) is 19.6 Å². The van der Waals surface area contributed by atoms with Gasteiger partial charge in [-0.25, -0.2) is 4.98 Å². The smallest absolute Gasteiger partial charge is 0.129 e. The van der Waals surface area contributed by atoms with E-state index in [1.807, 2.05) is 18.2 Å². The van der Waals surface area contributed by atoms with Crippen molar-refractivity contribution in [3.05, 3.63) is 52.8 Å². The van der Waals surface area contributed by atoms with E-state index in [-0.39, 0.29) is 6.04 Å². The molecule has 1 heterocycles. The maximum Gasteiger partial charge on any atom is 0.129 e. The Labute approximate surface area is 130 Å². The predicted molar refractivity (Wildman–Crippen MR) is 85.0 cm³/mol. The number of ether oxygens (including phenoxy) is 2. The van der Waals surface area contributed by atoms with Crippen LogP contribution in [0.4, 0.5) is 5.69 Å². The van der Waals surface area contributed by atoms with Gasteiger partial charge in [-0.05, 0) is 36.8 Å². The molecule has 2 rings (SSSR count). The van der Waals surface area contributed by atoms with Gasteiger partial charge in [0.15, 0.2) is 0 Å². The second-order valence-corrected chi connectivity index (χ2v) is 5.13. The average molecular weight is 307 g/mol. The topological polar surface area (TPSA) is 43.4 Å². The van der Waals surface area contributed by atoms with Gasteiger partial charge in [-0.1, -0.05) is 17.7 Å². The average Bonchev–Trinajstić information content (AvgIpc) is 2.50. The molecular formula is C16H19ClN2O2. The van der Waals surface area contributed by atoms with E-state index in [1.165, 1.54) is 0 Å². The molecule has 0 saturated carbocycles. The summed E-state index contributed by atoms with van der Waals surface area (Å²) in [4.78, 5) is 4.06. The highest BCUT2D eigenvalue weighted by Gasteiger charge is 2.10. The first-order valence-corrected chi connectivity index (χ1v) is 7.05. The molecule has 21 heavy (non-hydrogen) atoms. The largest absolute Gasteiger partial charge is 0.496 e. The van der Waals surface area contributed by atoms with Gasteiger partial charge in [0.1, 0.15) is 10.9 Å². The van der Waals surface area contributed by atoms with Crippen LogP contribution in [-0.2, 0) is 11.3 Å². The third-order valence-corrected chi connectivity index (χ3v) is 3.44. The second-order valence-electron chi connectivity index (χ2n) is 4.74. The number of hydrogen-bond donors (Lipinski definition) is 1. The van der Waals surface area contributed by atoms with Gasteiger partial charge >= 0.3 is 0 Å². The molecule has 0 fully saturated rings. The molecule has 5 heteroatoms. The van der Waals surface area contributed by atoms with Crippen LogP contribution in [0.3, 0.4) is 0 Å². The Balaban J connectivity index is 2.16. The summed E-state index contributed by atoms with van der Waals surface area (Å²) in [6.45, 7) is 2.61. The highest BCUT2D eigenvalue weighted by molar-refractivity contribution is 6.29. The molecule has 0 amide bonds. The number of benzene rings is 1. The van der Waals surface area contributed by atoms with Crippen LogP contribution in [0.2, 0.25) is 5.15 Å². The number of pyridine rings is 1. The molecule has 0 aliphatic heterocycles. The number of nitrogens with zero attached hydrogens (tertiary/aromatic N) is 1. The van der Waals surface area contributed by atoms with Crippen LogP contribution in [0.1, 0.15) is 24.1 Å². The molecule has 0 spiro atoms. The summed E-state index contributed by atoms with van der Waals surface area (Å²) in [5.74, 6) is 0.834. The Morgan fingerprint density at radius 1 is 1.24 bits per heavy atom. The fourth-order valence-electron chi connectivity index (χ4n) is 2.13. The minimum Gasteiger partial charge on any atom is -0.496 e. The van der Waals surface area contributed by atoms with E-state index in [4.69, 9.17) is 21.1 Å². The number of aromatic nitrogens is 1. The lowest BCUT2D eigenvalue weighted by atomic mass is 10.0. The lowest BCUT2D eigenvalue weighted by Gasteiger charge is -2.17. The molecule has 2 aromatic rings. The van der Waals surface area contributed by atoms with Crippen molar-refractivity contribution >= 4 is 17.3 Å². The molecule has 4 nitrogen and oxygen atoms in total. The summed E-state index contributed by atoms with van der Waals surface area (Å²) in [6.07, 6.45) is 1.72. The van der Waals surface area contributed by atoms with E-state index in [2.05, 4.69) is 23.3 Å². The SMILES string of the molecule is COCc1cc(C(C)Nc2ccc(Cl)nc2)ccc1OC. The van der Waals surface area contributed by atoms with Crippen LogP contribution in [0.25, 0.3) is 0 Å². The fourth-order valence-corrected chi connectivity index (χ4v) is 2.24. The molecule has 1 aromatic heterocycles. The van der Waals surface area contributed by atoms with Crippen LogP contribution in [0, 0.1) is 0 Å². The number of rotatable bonds is 6. The molecule has 0 aliphatic rings. The highest BCUT2D eigenvalue weighted by Crippen LogP contribution is 2.26. The zero-order chi connectivity index (χ0) is 15.2. The Kier molecular flexibility index (Phi) is 5.42. The first-order valence-electron chi connectivity index (χ1n) is 6.68. The molecule has 1 aromatic carbocycles. The first kappa shape index (κ1) is 15.6. The van der Waals surface area contributed by atoms with Crippen molar-refractivity contribution in [3.63, 3.8) is 0 Å². The van der Waals surface area contributed by atoms with Gasteiger partial charge in [-0.3, -0.25) is 0 Å². The minimum atomic E-state index is 0.134. The maximum absolute atomic E-state index is 5.79. The van der Waals surface area contributed by atoms with E-state index in [0.29, 0.717) is 11.8 Å². The second kappa shape index (κ2) is 7.29. The highest BCUT2D eigenvalue weighted by atomic mass is 35.5. The first-order chi connectivity index (χ1) is 10.1. The Hall–Kier alpha value is -1.78.